The summed E-state index contributed by atoms with van der Waals surface area (Å²) in [6.45, 7) is 4.73. The molecule has 1 N–H and O–H groups in total. The zero-order chi connectivity index (χ0) is 23.9. The Hall–Kier alpha value is -3.01. The van der Waals surface area contributed by atoms with Gasteiger partial charge in [0.25, 0.3) is 5.60 Å². The van der Waals surface area contributed by atoms with Gasteiger partial charge < -0.3 is 14.3 Å². The molecule has 0 aliphatic carbocycles. The van der Waals surface area contributed by atoms with E-state index in [0.717, 1.165) is 17.2 Å². The molecule has 0 unspecified atom stereocenters. The fourth-order valence-electron chi connectivity index (χ4n) is 3.13. The SMILES string of the molecule is Cc1cccc(-c2nc(COc3ccc(C(O)(C(F)(F)F)C(F)(F)F)cc3C)c(C)o2)c1. The maximum atomic E-state index is 13.1. The number of hydrogen-bond donors (Lipinski definition) is 1. The molecule has 1 aromatic heterocycles. The summed E-state index contributed by atoms with van der Waals surface area (Å²) < 4.78 is 89.7. The van der Waals surface area contributed by atoms with Crippen LogP contribution in [0.3, 0.4) is 0 Å². The zero-order valence-electron chi connectivity index (χ0n) is 17.2. The molecule has 0 aliphatic rings. The second-order valence-electron chi connectivity index (χ2n) is 7.37. The van der Waals surface area contributed by atoms with Gasteiger partial charge >= 0.3 is 12.4 Å². The van der Waals surface area contributed by atoms with Crippen molar-refractivity contribution in [3.63, 3.8) is 0 Å². The lowest BCUT2D eigenvalue weighted by molar-refractivity contribution is -0.376. The van der Waals surface area contributed by atoms with Crippen molar-refractivity contribution < 1.29 is 40.6 Å². The van der Waals surface area contributed by atoms with Gasteiger partial charge in [-0.2, -0.15) is 26.3 Å². The first kappa shape index (κ1) is 23.6. The second-order valence-corrected chi connectivity index (χ2v) is 7.37. The van der Waals surface area contributed by atoms with Crippen LogP contribution in [0.25, 0.3) is 11.5 Å². The molecule has 2 aromatic carbocycles. The maximum Gasteiger partial charge on any atom is 0.430 e. The van der Waals surface area contributed by atoms with E-state index in [4.69, 9.17) is 9.15 Å². The Labute approximate surface area is 179 Å². The molecule has 0 saturated carbocycles. The fourth-order valence-corrected chi connectivity index (χ4v) is 3.13. The summed E-state index contributed by atoms with van der Waals surface area (Å²) in [5, 5.41) is 9.53. The van der Waals surface area contributed by atoms with E-state index in [9.17, 15) is 31.4 Å². The van der Waals surface area contributed by atoms with E-state index in [2.05, 4.69) is 4.98 Å². The predicted molar refractivity (Wildman–Crippen MR) is 103 cm³/mol. The molecule has 32 heavy (non-hydrogen) atoms. The van der Waals surface area contributed by atoms with Crippen molar-refractivity contribution in [2.75, 3.05) is 0 Å². The minimum atomic E-state index is -5.95. The number of halogens is 6. The number of aliphatic hydroxyl groups is 1. The maximum absolute atomic E-state index is 13.1. The van der Waals surface area contributed by atoms with Gasteiger partial charge in [-0.15, -0.1) is 0 Å². The Morgan fingerprint density at radius 1 is 0.938 bits per heavy atom. The van der Waals surface area contributed by atoms with Gasteiger partial charge in [-0.3, -0.25) is 0 Å². The highest BCUT2D eigenvalue weighted by atomic mass is 19.4. The lowest BCUT2D eigenvalue weighted by Crippen LogP contribution is -2.53. The normalized spacial score (nSPS) is 12.8. The highest BCUT2D eigenvalue weighted by molar-refractivity contribution is 5.54. The molecule has 0 aliphatic heterocycles. The Morgan fingerprint density at radius 3 is 2.16 bits per heavy atom. The lowest BCUT2D eigenvalue weighted by Gasteiger charge is -2.33. The Morgan fingerprint density at radius 2 is 1.59 bits per heavy atom. The number of aryl methyl sites for hydroxylation is 3. The van der Waals surface area contributed by atoms with Crippen molar-refractivity contribution in [2.24, 2.45) is 0 Å². The van der Waals surface area contributed by atoms with Crippen molar-refractivity contribution >= 4 is 0 Å². The number of benzene rings is 2. The summed E-state index contributed by atoms with van der Waals surface area (Å²) in [4.78, 5) is 4.36. The molecular formula is C22H19F6NO3. The van der Waals surface area contributed by atoms with Crippen LogP contribution in [0.2, 0.25) is 0 Å². The predicted octanol–water partition coefficient (Wildman–Crippen LogP) is 6.16. The average Bonchev–Trinajstić information content (AvgIpc) is 3.05. The van der Waals surface area contributed by atoms with Crippen LogP contribution >= 0.6 is 0 Å². The summed E-state index contributed by atoms with van der Waals surface area (Å²) in [5.74, 6) is 0.858. The summed E-state index contributed by atoms with van der Waals surface area (Å²) in [6, 6.07) is 9.53. The van der Waals surface area contributed by atoms with E-state index in [0.29, 0.717) is 29.5 Å². The number of aromatic nitrogens is 1. The van der Waals surface area contributed by atoms with Crippen LogP contribution in [0.5, 0.6) is 5.75 Å². The van der Waals surface area contributed by atoms with E-state index in [1.165, 1.54) is 6.92 Å². The smallest absolute Gasteiger partial charge is 0.430 e. The molecule has 4 nitrogen and oxygen atoms in total. The van der Waals surface area contributed by atoms with Gasteiger partial charge in [0.15, 0.2) is 0 Å². The molecular weight excluding hydrogens is 440 g/mol. The van der Waals surface area contributed by atoms with Gasteiger partial charge in [-0.25, -0.2) is 4.98 Å². The minimum Gasteiger partial charge on any atom is -0.487 e. The fraction of sp³-hybridized carbons (Fsp3) is 0.318. The zero-order valence-corrected chi connectivity index (χ0v) is 17.2. The first-order valence-corrected chi connectivity index (χ1v) is 9.37. The molecule has 0 spiro atoms. The van der Waals surface area contributed by atoms with Crippen molar-refractivity contribution in [1.29, 1.82) is 0 Å². The van der Waals surface area contributed by atoms with Crippen LogP contribution in [0.4, 0.5) is 26.3 Å². The number of hydrogen-bond acceptors (Lipinski definition) is 4. The number of rotatable bonds is 5. The van der Waals surface area contributed by atoms with Crippen LogP contribution in [0.15, 0.2) is 46.9 Å². The number of nitrogens with zero attached hydrogens (tertiary/aromatic N) is 1. The first-order valence-electron chi connectivity index (χ1n) is 9.37. The lowest BCUT2D eigenvalue weighted by atomic mass is 9.91. The van der Waals surface area contributed by atoms with E-state index in [-0.39, 0.29) is 17.9 Å². The highest BCUT2D eigenvalue weighted by Gasteiger charge is 2.71. The number of alkyl halides is 6. The van der Waals surface area contributed by atoms with Crippen LogP contribution in [-0.2, 0) is 12.2 Å². The molecule has 3 aromatic rings. The molecule has 3 rings (SSSR count). The molecule has 1 heterocycles. The van der Waals surface area contributed by atoms with Crippen LogP contribution in [0.1, 0.15) is 28.1 Å². The summed E-state index contributed by atoms with van der Waals surface area (Å²) in [7, 11) is 0. The van der Waals surface area contributed by atoms with Crippen molar-refractivity contribution in [3.8, 4) is 17.2 Å². The molecule has 0 radical (unpaired) electrons. The van der Waals surface area contributed by atoms with Crippen LogP contribution < -0.4 is 4.74 Å². The van der Waals surface area contributed by atoms with Gasteiger partial charge in [0.2, 0.25) is 5.89 Å². The molecule has 10 heteroatoms. The standard InChI is InChI=1S/C22H19F6NO3/c1-12-5-4-6-15(9-12)19-29-17(14(3)32-19)11-31-18-8-7-16(10-13(18)2)20(30,21(23,24)25)22(26,27)28/h4-10,30H,11H2,1-3H3. The largest absolute Gasteiger partial charge is 0.487 e. The Balaban J connectivity index is 1.83. The molecule has 0 atom stereocenters. The molecule has 0 amide bonds. The van der Waals surface area contributed by atoms with Gasteiger partial charge in [0, 0.05) is 11.1 Å². The van der Waals surface area contributed by atoms with Crippen LogP contribution in [0, 0.1) is 20.8 Å². The first-order chi connectivity index (χ1) is 14.7. The molecule has 0 fully saturated rings. The third-order valence-electron chi connectivity index (χ3n) is 4.94. The summed E-state index contributed by atoms with van der Waals surface area (Å²) >= 11 is 0. The quantitative estimate of drug-likeness (QED) is 0.465. The van der Waals surface area contributed by atoms with Crippen LogP contribution in [-0.4, -0.2) is 22.4 Å². The van der Waals surface area contributed by atoms with Gasteiger partial charge in [-0.1, -0.05) is 23.8 Å². The molecule has 0 saturated heterocycles. The van der Waals surface area contributed by atoms with Crippen molar-refractivity contribution in [1.82, 2.24) is 4.98 Å². The van der Waals surface area contributed by atoms with E-state index >= 15 is 0 Å². The number of ether oxygens (including phenoxy) is 1. The second kappa shape index (κ2) is 8.16. The topological polar surface area (TPSA) is 55.5 Å². The third-order valence-corrected chi connectivity index (χ3v) is 4.94. The molecule has 172 valence electrons. The average molecular weight is 459 g/mol. The third kappa shape index (κ3) is 4.32. The highest BCUT2D eigenvalue weighted by Crippen LogP contribution is 2.50. The molecule has 0 bridgehead atoms. The van der Waals surface area contributed by atoms with E-state index < -0.39 is 23.5 Å². The van der Waals surface area contributed by atoms with Gasteiger partial charge in [0.1, 0.15) is 23.8 Å². The van der Waals surface area contributed by atoms with Crippen molar-refractivity contribution in [2.45, 2.75) is 45.3 Å². The van der Waals surface area contributed by atoms with Crippen molar-refractivity contribution in [3.05, 3.63) is 70.6 Å². The Bertz CT molecular complexity index is 1100. The van der Waals surface area contributed by atoms with Gasteiger partial charge in [-0.05, 0) is 50.6 Å². The summed E-state index contributed by atoms with van der Waals surface area (Å²) in [6.07, 6.45) is -11.9. The summed E-state index contributed by atoms with van der Waals surface area (Å²) in [5.41, 5.74) is -4.18. The number of oxazole rings is 1. The minimum absolute atomic E-state index is 0.0190. The van der Waals surface area contributed by atoms with E-state index in [1.54, 1.807) is 6.92 Å². The Kier molecular flexibility index (Phi) is 6.03. The monoisotopic (exact) mass is 459 g/mol. The van der Waals surface area contributed by atoms with E-state index in [1.807, 2.05) is 31.2 Å². The van der Waals surface area contributed by atoms with Gasteiger partial charge in [0.05, 0.1) is 0 Å².